The lowest BCUT2D eigenvalue weighted by molar-refractivity contribution is -0.248. The molecule has 0 aromatic rings. The summed E-state index contributed by atoms with van der Waals surface area (Å²) in [7, 11) is 0. The van der Waals surface area contributed by atoms with E-state index in [9.17, 15) is 14.7 Å². The summed E-state index contributed by atoms with van der Waals surface area (Å²) in [4.78, 5) is 27.1. The van der Waals surface area contributed by atoms with Gasteiger partial charge in [-0.2, -0.15) is 0 Å². The van der Waals surface area contributed by atoms with Gasteiger partial charge in [0.1, 0.15) is 5.60 Å². The second kappa shape index (κ2) is 10.6. The third kappa shape index (κ3) is 4.43. The van der Waals surface area contributed by atoms with E-state index in [2.05, 4.69) is 34.6 Å². The quantitative estimate of drug-likeness (QED) is 0.329. The summed E-state index contributed by atoms with van der Waals surface area (Å²) in [6, 6.07) is 0. The predicted octanol–water partition coefficient (Wildman–Crippen LogP) is 6.48. The van der Waals surface area contributed by atoms with Crippen LogP contribution in [0, 0.1) is 56.7 Å². The molecule has 9 heteroatoms. The summed E-state index contributed by atoms with van der Waals surface area (Å²) in [5, 5.41) is 12.6. The molecule has 9 aliphatic rings. The van der Waals surface area contributed by atoms with Gasteiger partial charge in [-0.1, -0.05) is 34.6 Å². The lowest BCUT2D eigenvalue weighted by Gasteiger charge is -2.64. The standard InChI is InChI=1S/C40H61NO8/c1-22-18-24(33-36(4,5)49-34(44)48-33)46-31-30(22)37(6)14-15-40-21-39(40)13-12-27(35(2,3)25(39)10-11-26(40)38(37,7)32(31)43)47-29-20-41(16-17-45-29)28(42)19-23-8-9-23/h22-27,29-33,43H,8-21H2,1-7H3/t22-,24-,25+,26+,27+,29+,30+,31+,32+,33?,37-,38-,39-,40+/m1/s1. The van der Waals surface area contributed by atoms with Gasteiger partial charge in [-0.15, -0.1) is 0 Å². The molecule has 9 rings (SSSR count). The molecule has 1 N–H and O–H groups in total. The van der Waals surface area contributed by atoms with Crippen molar-refractivity contribution < 1.29 is 38.4 Å². The Kier molecular flexibility index (Phi) is 7.22. The van der Waals surface area contributed by atoms with Gasteiger partial charge in [0.15, 0.2) is 12.4 Å². The first-order valence-electron chi connectivity index (χ1n) is 19.9. The first-order valence-corrected chi connectivity index (χ1v) is 19.9. The maximum Gasteiger partial charge on any atom is 0.509 e. The largest absolute Gasteiger partial charge is 0.509 e. The van der Waals surface area contributed by atoms with Crippen LogP contribution in [0.3, 0.4) is 0 Å². The number of amides is 1. The number of hydrogen-bond acceptors (Lipinski definition) is 8. The zero-order chi connectivity index (χ0) is 34.5. The predicted molar refractivity (Wildman–Crippen MR) is 180 cm³/mol. The van der Waals surface area contributed by atoms with Crippen molar-refractivity contribution in [3.63, 3.8) is 0 Å². The molecule has 6 aliphatic carbocycles. The zero-order valence-corrected chi connectivity index (χ0v) is 31.0. The summed E-state index contributed by atoms with van der Waals surface area (Å²) < 4.78 is 31.1. The number of nitrogens with zero attached hydrogens (tertiary/aromatic N) is 1. The highest BCUT2D eigenvalue weighted by Crippen LogP contribution is 2.89. The third-order valence-electron chi connectivity index (χ3n) is 17.2. The van der Waals surface area contributed by atoms with Crippen molar-refractivity contribution in [3.8, 4) is 0 Å². The van der Waals surface area contributed by atoms with Crippen LogP contribution < -0.4 is 0 Å². The maximum atomic E-state index is 12.9. The van der Waals surface area contributed by atoms with Gasteiger partial charge in [-0.25, -0.2) is 4.79 Å². The van der Waals surface area contributed by atoms with E-state index in [0.29, 0.717) is 55.2 Å². The van der Waals surface area contributed by atoms with E-state index in [-0.39, 0.29) is 58.1 Å². The number of hydrogen-bond donors (Lipinski definition) is 1. The van der Waals surface area contributed by atoms with Crippen molar-refractivity contribution in [3.05, 3.63) is 0 Å². The van der Waals surface area contributed by atoms with Crippen LogP contribution in [0.15, 0.2) is 0 Å². The lowest BCUT2D eigenvalue weighted by Crippen LogP contribution is -2.60. The number of aliphatic hydroxyl groups is 1. The highest BCUT2D eigenvalue weighted by Gasteiger charge is 2.84. The Morgan fingerprint density at radius 3 is 2.43 bits per heavy atom. The minimum Gasteiger partial charge on any atom is -0.424 e. The Bertz CT molecular complexity index is 1400. The molecule has 3 aliphatic heterocycles. The lowest BCUT2D eigenvalue weighted by atomic mass is 9.41. The highest BCUT2D eigenvalue weighted by molar-refractivity contribution is 5.76. The smallest absolute Gasteiger partial charge is 0.424 e. The number of carbonyl (C=O) groups excluding carboxylic acids is 2. The monoisotopic (exact) mass is 683 g/mol. The van der Waals surface area contributed by atoms with E-state index in [0.717, 1.165) is 32.1 Å². The number of carbonyl (C=O) groups is 2. The molecule has 14 atom stereocenters. The molecule has 0 aromatic heterocycles. The van der Waals surface area contributed by atoms with Crippen molar-refractivity contribution in [1.29, 1.82) is 0 Å². The van der Waals surface area contributed by atoms with Crippen molar-refractivity contribution in [2.75, 3.05) is 19.7 Å². The van der Waals surface area contributed by atoms with Crippen molar-refractivity contribution in [2.24, 2.45) is 56.7 Å². The van der Waals surface area contributed by atoms with Gasteiger partial charge in [0.25, 0.3) is 0 Å². The van der Waals surface area contributed by atoms with Crippen molar-refractivity contribution >= 4 is 12.1 Å². The Morgan fingerprint density at radius 1 is 0.980 bits per heavy atom. The summed E-state index contributed by atoms with van der Waals surface area (Å²) >= 11 is 0. The molecule has 9 fully saturated rings. The van der Waals surface area contributed by atoms with Crippen LogP contribution in [0.25, 0.3) is 0 Å². The number of aliphatic hydroxyl groups excluding tert-OH is 1. The van der Waals surface area contributed by atoms with Gasteiger partial charge in [-0.05, 0) is 129 Å². The average Bonchev–Trinajstić information content (AvgIpc) is 3.94. The number of rotatable bonds is 5. The minimum absolute atomic E-state index is 0.00124. The van der Waals surface area contributed by atoms with E-state index in [1.54, 1.807) is 0 Å². The Morgan fingerprint density at radius 2 is 1.71 bits per heavy atom. The van der Waals surface area contributed by atoms with E-state index in [1.165, 1.54) is 32.1 Å². The molecule has 1 amide bonds. The maximum absolute atomic E-state index is 12.9. The Hall–Kier alpha value is -1.42. The van der Waals surface area contributed by atoms with E-state index in [1.807, 2.05) is 18.7 Å². The highest BCUT2D eigenvalue weighted by atomic mass is 16.8. The summed E-state index contributed by atoms with van der Waals surface area (Å²) in [5.74, 6) is 2.48. The zero-order valence-electron chi connectivity index (χ0n) is 31.0. The summed E-state index contributed by atoms with van der Waals surface area (Å²) in [6.45, 7) is 17.7. The van der Waals surface area contributed by atoms with E-state index >= 15 is 0 Å². The normalized spacial score (nSPS) is 53.6. The van der Waals surface area contributed by atoms with Crippen LogP contribution in [-0.2, 0) is 28.5 Å². The number of morpholine rings is 1. The van der Waals surface area contributed by atoms with Gasteiger partial charge in [0, 0.05) is 18.4 Å². The molecule has 3 heterocycles. The molecule has 3 saturated heterocycles. The first-order chi connectivity index (χ1) is 23.1. The summed E-state index contributed by atoms with van der Waals surface area (Å²) in [6.07, 6.45) is 9.52. The first kappa shape index (κ1) is 33.4. The molecule has 0 radical (unpaired) electrons. The molecule has 6 saturated carbocycles. The van der Waals surface area contributed by atoms with Crippen molar-refractivity contribution in [1.82, 2.24) is 4.90 Å². The molecule has 1 unspecified atom stereocenters. The second-order valence-corrected chi connectivity index (χ2v) is 20.0. The van der Waals surface area contributed by atoms with E-state index < -0.39 is 24.0 Å². The number of cyclic esters (lactones) is 2. The van der Waals surface area contributed by atoms with Gasteiger partial charge >= 0.3 is 6.16 Å². The van der Waals surface area contributed by atoms with Crippen molar-refractivity contribution in [2.45, 2.75) is 162 Å². The Labute approximate surface area is 292 Å². The fourth-order valence-corrected chi connectivity index (χ4v) is 14.6. The fourth-order valence-electron chi connectivity index (χ4n) is 14.6. The molecule has 0 bridgehead atoms. The second-order valence-electron chi connectivity index (χ2n) is 20.0. The van der Waals surface area contributed by atoms with Gasteiger partial charge < -0.3 is 33.7 Å². The van der Waals surface area contributed by atoms with Crippen LogP contribution in [0.2, 0.25) is 0 Å². The third-order valence-corrected chi connectivity index (χ3v) is 17.2. The number of fused-ring (bicyclic) bond motifs is 4. The average molecular weight is 684 g/mol. The molecular weight excluding hydrogens is 622 g/mol. The van der Waals surface area contributed by atoms with Crippen LogP contribution in [-0.4, -0.2) is 84.2 Å². The molecule has 274 valence electrons. The SMILES string of the molecule is C[C@@H]1C[C@H](C2OC(=O)OC2(C)C)O[C@H]2[C@H]1[C@@]1(C)CC[C@@]34C[C@@]35CC[C@H](O[C@H]3CN(C(=O)CC6CC6)CCO3)C(C)(C)[C@@H]5CC[C@H]4[C@]1(C)[C@H]2O. The minimum atomic E-state index is -0.757. The number of ether oxygens (including phenoxy) is 5. The van der Waals surface area contributed by atoms with Gasteiger partial charge in [0.05, 0.1) is 37.6 Å². The fraction of sp³-hybridized carbons (Fsp3) is 0.950. The molecule has 2 spiro atoms. The van der Waals surface area contributed by atoms with Gasteiger partial charge in [0.2, 0.25) is 5.91 Å². The molecule has 9 nitrogen and oxygen atoms in total. The van der Waals surface area contributed by atoms with Gasteiger partial charge in [-0.3, -0.25) is 4.79 Å². The topological polar surface area (TPSA) is 104 Å². The summed E-state index contributed by atoms with van der Waals surface area (Å²) in [5.41, 5.74) is -0.478. The molecule has 49 heavy (non-hydrogen) atoms. The van der Waals surface area contributed by atoms with Crippen LogP contribution >= 0.6 is 0 Å². The van der Waals surface area contributed by atoms with Crippen LogP contribution in [0.4, 0.5) is 4.79 Å². The van der Waals surface area contributed by atoms with Crippen LogP contribution in [0.1, 0.15) is 119 Å². The molecule has 0 aromatic carbocycles. The van der Waals surface area contributed by atoms with E-state index in [4.69, 9.17) is 23.7 Å². The van der Waals surface area contributed by atoms with Crippen LogP contribution in [0.5, 0.6) is 0 Å². The Balaban J connectivity index is 0.936. The molecular formula is C40H61NO8.